The van der Waals surface area contributed by atoms with Gasteiger partial charge in [-0.3, -0.25) is 4.79 Å². The van der Waals surface area contributed by atoms with Gasteiger partial charge in [0.15, 0.2) is 17.4 Å². The Morgan fingerprint density at radius 3 is 2.44 bits per heavy atom. The molecule has 27 heavy (non-hydrogen) atoms. The molecule has 3 aromatic rings. The average molecular weight is 366 g/mol. The molecule has 0 saturated heterocycles. The van der Waals surface area contributed by atoms with Crippen LogP contribution in [0.25, 0.3) is 11.0 Å². The van der Waals surface area contributed by atoms with Crippen molar-refractivity contribution in [1.82, 2.24) is 0 Å². The van der Waals surface area contributed by atoms with Crippen molar-refractivity contribution in [3.8, 4) is 5.75 Å². The van der Waals surface area contributed by atoms with Crippen molar-refractivity contribution >= 4 is 22.7 Å². The van der Waals surface area contributed by atoms with Crippen LogP contribution >= 0.6 is 0 Å². The maximum atomic E-state index is 12.4. The lowest BCUT2D eigenvalue weighted by Gasteiger charge is -2.12. The van der Waals surface area contributed by atoms with E-state index in [1.807, 2.05) is 6.92 Å². The molecule has 0 fully saturated rings. The molecule has 1 heterocycles. The maximum absolute atomic E-state index is 12.4. The molecule has 0 N–H and O–H groups in total. The zero-order valence-electron chi connectivity index (χ0n) is 15.1. The first kappa shape index (κ1) is 18.4. The van der Waals surface area contributed by atoms with Crippen LogP contribution in [-0.4, -0.2) is 25.0 Å². The second-order valence-electron chi connectivity index (χ2n) is 6.10. The van der Waals surface area contributed by atoms with Crippen LogP contribution in [0.4, 0.5) is 0 Å². The summed E-state index contributed by atoms with van der Waals surface area (Å²) in [6.45, 7) is 3.37. The molecular weight excluding hydrogens is 348 g/mol. The highest BCUT2D eigenvalue weighted by Crippen LogP contribution is 2.24. The number of hydrogen-bond donors (Lipinski definition) is 0. The fraction of sp³-hybridized carbons (Fsp3) is 0.190. The number of benzene rings is 2. The normalized spacial score (nSPS) is 11.8. The summed E-state index contributed by atoms with van der Waals surface area (Å²) in [5.41, 5.74) is 0.549. The molecule has 0 amide bonds. The molecule has 6 heteroatoms. The smallest absolute Gasteiger partial charge is 0.351 e. The van der Waals surface area contributed by atoms with Gasteiger partial charge in [0.05, 0.1) is 7.11 Å². The number of Topliss-reactive ketones (excluding diaryl/α,β-unsaturated/α-hetero) is 1. The largest absolute Gasteiger partial charge is 0.493 e. The number of fused-ring (bicyclic) bond motifs is 1. The molecule has 138 valence electrons. The van der Waals surface area contributed by atoms with E-state index in [0.29, 0.717) is 16.7 Å². The van der Waals surface area contributed by atoms with E-state index in [1.165, 1.54) is 20.1 Å². The van der Waals surface area contributed by atoms with Crippen molar-refractivity contribution in [3.63, 3.8) is 0 Å². The van der Waals surface area contributed by atoms with Crippen molar-refractivity contribution in [2.75, 3.05) is 7.11 Å². The van der Waals surface area contributed by atoms with Crippen LogP contribution in [0.3, 0.4) is 0 Å². The van der Waals surface area contributed by atoms with E-state index in [-0.39, 0.29) is 16.9 Å². The van der Waals surface area contributed by atoms with E-state index in [1.54, 1.807) is 42.5 Å². The first-order chi connectivity index (χ1) is 12.9. The Balaban J connectivity index is 1.85. The molecule has 0 aliphatic rings. The van der Waals surface area contributed by atoms with Crippen molar-refractivity contribution in [3.05, 3.63) is 75.6 Å². The molecule has 1 aromatic heterocycles. The molecule has 0 spiro atoms. The van der Waals surface area contributed by atoms with Gasteiger partial charge in [-0.25, -0.2) is 9.59 Å². The highest BCUT2D eigenvalue weighted by atomic mass is 16.5. The SMILES string of the molecule is COc1cccc2cc(C(=O)O[C@H](C)C(=O)c3ccc(C)cc3)c(=O)oc12. The van der Waals surface area contributed by atoms with Gasteiger partial charge < -0.3 is 13.9 Å². The monoisotopic (exact) mass is 366 g/mol. The van der Waals surface area contributed by atoms with Crippen molar-refractivity contribution in [1.29, 1.82) is 0 Å². The summed E-state index contributed by atoms with van der Waals surface area (Å²) in [6.07, 6.45) is -1.04. The van der Waals surface area contributed by atoms with Crippen molar-refractivity contribution in [2.45, 2.75) is 20.0 Å². The van der Waals surface area contributed by atoms with E-state index >= 15 is 0 Å². The minimum absolute atomic E-state index is 0.241. The number of esters is 1. The van der Waals surface area contributed by atoms with Crippen LogP contribution in [0, 0.1) is 6.92 Å². The lowest BCUT2D eigenvalue weighted by molar-refractivity contribution is 0.0315. The fourth-order valence-corrected chi connectivity index (χ4v) is 2.65. The number of carbonyl (C=O) groups excluding carboxylic acids is 2. The predicted molar refractivity (Wildman–Crippen MR) is 99.4 cm³/mol. The number of ether oxygens (including phenoxy) is 2. The topological polar surface area (TPSA) is 82.8 Å². The summed E-state index contributed by atoms with van der Waals surface area (Å²) in [5, 5.41) is 0.512. The minimum atomic E-state index is -1.04. The zero-order valence-corrected chi connectivity index (χ0v) is 15.1. The number of hydrogen-bond acceptors (Lipinski definition) is 6. The molecule has 1 atom stereocenters. The third-order valence-corrected chi connectivity index (χ3v) is 4.15. The molecule has 0 radical (unpaired) electrons. The lowest BCUT2D eigenvalue weighted by Crippen LogP contribution is -2.27. The molecule has 2 aromatic carbocycles. The Hall–Kier alpha value is -3.41. The van der Waals surface area contributed by atoms with Crippen molar-refractivity contribution < 1.29 is 23.5 Å². The van der Waals surface area contributed by atoms with Crippen LogP contribution < -0.4 is 10.4 Å². The summed E-state index contributed by atoms with van der Waals surface area (Å²) < 4.78 is 15.5. The molecular formula is C21H18O6. The number of ketones is 1. The number of para-hydroxylation sites is 1. The van der Waals surface area contributed by atoms with E-state index in [0.717, 1.165) is 5.56 Å². The maximum Gasteiger partial charge on any atom is 0.351 e. The predicted octanol–water partition coefficient (Wildman–Crippen LogP) is 3.54. The van der Waals surface area contributed by atoms with Crippen molar-refractivity contribution in [2.24, 2.45) is 0 Å². The second kappa shape index (κ2) is 7.45. The Kier molecular flexibility index (Phi) is 5.07. The number of carbonyl (C=O) groups is 2. The van der Waals surface area contributed by atoms with Gasteiger partial charge in [0.2, 0.25) is 5.78 Å². The van der Waals surface area contributed by atoms with Gasteiger partial charge in [0, 0.05) is 10.9 Å². The van der Waals surface area contributed by atoms with Gasteiger partial charge >= 0.3 is 11.6 Å². The zero-order chi connectivity index (χ0) is 19.6. The van der Waals surface area contributed by atoms with E-state index < -0.39 is 17.7 Å². The van der Waals surface area contributed by atoms with Crippen LogP contribution in [0.1, 0.15) is 33.2 Å². The van der Waals surface area contributed by atoms with Gasteiger partial charge in [-0.1, -0.05) is 42.0 Å². The van der Waals surface area contributed by atoms with Crippen LogP contribution in [0.5, 0.6) is 5.75 Å². The Labute approximate surface area is 155 Å². The third kappa shape index (κ3) is 3.74. The summed E-state index contributed by atoms with van der Waals surface area (Å²) in [5.74, 6) is -0.885. The molecule has 0 unspecified atom stereocenters. The Morgan fingerprint density at radius 1 is 1.07 bits per heavy atom. The Bertz CT molecular complexity index is 1060. The number of methoxy groups -OCH3 is 1. The highest BCUT2D eigenvalue weighted by molar-refractivity contribution is 6.01. The summed E-state index contributed by atoms with van der Waals surface area (Å²) >= 11 is 0. The molecule has 0 saturated carbocycles. The average Bonchev–Trinajstić information content (AvgIpc) is 2.66. The summed E-state index contributed by atoms with van der Waals surface area (Å²) in [4.78, 5) is 37.0. The quantitative estimate of drug-likeness (QED) is 0.390. The number of rotatable bonds is 5. The first-order valence-corrected chi connectivity index (χ1v) is 8.33. The fourth-order valence-electron chi connectivity index (χ4n) is 2.65. The van der Waals surface area contributed by atoms with E-state index in [2.05, 4.69) is 0 Å². The molecule has 6 nitrogen and oxygen atoms in total. The summed E-state index contributed by atoms with van der Waals surface area (Å²) in [7, 11) is 1.45. The molecule has 0 aliphatic carbocycles. The van der Waals surface area contributed by atoms with E-state index in [9.17, 15) is 14.4 Å². The van der Waals surface area contributed by atoms with Gasteiger partial charge in [-0.05, 0) is 26.0 Å². The third-order valence-electron chi connectivity index (χ3n) is 4.15. The molecule has 3 rings (SSSR count). The van der Waals surface area contributed by atoms with Crippen LogP contribution in [0.2, 0.25) is 0 Å². The van der Waals surface area contributed by atoms with Gasteiger partial charge in [-0.15, -0.1) is 0 Å². The standard InChI is InChI=1S/C21H18O6/c1-12-7-9-14(10-8-12)18(22)13(2)26-20(23)16-11-15-5-4-6-17(25-3)19(15)27-21(16)24/h4-11,13H,1-3H3/t13-/m1/s1. The first-order valence-electron chi connectivity index (χ1n) is 8.33. The summed E-state index contributed by atoms with van der Waals surface area (Å²) in [6, 6.07) is 13.3. The second-order valence-corrected chi connectivity index (χ2v) is 6.10. The highest BCUT2D eigenvalue weighted by Gasteiger charge is 2.23. The van der Waals surface area contributed by atoms with Gasteiger partial charge in [-0.2, -0.15) is 0 Å². The van der Waals surface area contributed by atoms with Crippen LogP contribution in [-0.2, 0) is 4.74 Å². The molecule has 0 bridgehead atoms. The molecule has 0 aliphatic heterocycles. The number of aryl methyl sites for hydroxylation is 1. The minimum Gasteiger partial charge on any atom is -0.493 e. The van der Waals surface area contributed by atoms with E-state index in [4.69, 9.17) is 13.9 Å². The van der Waals surface area contributed by atoms with Gasteiger partial charge in [0.1, 0.15) is 5.56 Å². The lowest BCUT2D eigenvalue weighted by atomic mass is 10.1. The van der Waals surface area contributed by atoms with Crippen LogP contribution in [0.15, 0.2) is 57.7 Å². The Morgan fingerprint density at radius 2 is 1.78 bits per heavy atom. The van der Waals surface area contributed by atoms with Gasteiger partial charge in [0.25, 0.3) is 0 Å².